The second kappa shape index (κ2) is 11.8. The van der Waals surface area contributed by atoms with E-state index in [1.807, 2.05) is 24.3 Å². The molecular formula is C31H46N2O6. The van der Waals surface area contributed by atoms with Gasteiger partial charge in [-0.25, -0.2) is 0 Å². The average Bonchev–Trinajstić information content (AvgIpc) is 3.48. The number of nitrogens with one attached hydrogen (secondary N) is 2. The van der Waals surface area contributed by atoms with Crippen LogP contribution in [0.2, 0.25) is 0 Å². The van der Waals surface area contributed by atoms with Crippen LogP contribution in [0.15, 0.2) is 24.3 Å². The minimum Gasteiger partial charge on any atom is -0.497 e. The van der Waals surface area contributed by atoms with E-state index in [1.165, 1.54) is 0 Å². The van der Waals surface area contributed by atoms with Gasteiger partial charge in [0.2, 0.25) is 11.8 Å². The third-order valence-corrected chi connectivity index (χ3v) is 10.5. The van der Waals surface area contributed by atoms with Crippen LogP contribution in [0.1, 0.15) is 77.2 Å². The van der Waals surface area contributed by atoms with Crippen LogP contribution in [0.5, 0.6) is 5.75 Å². The first kappa shape index (κ1) is 28.4. The minimum absolute atomic E-state index is 0.0294. The summed E-state index contributed by atoms with van der Waals surface area (Å²) < 4.78 is 17.9. The third-order valence-electron chi connectivity index (χ3n) is 10.5. The lowest BCUT2D eigenvalue weighted by atomic mass is 9.46. The van der Waals surface area contributed by atoms with Crippen molar-refractivity contribution in [3.05, 3.63) is 29.8 Å². The van der Waals surface area contributed by atoms with E-state index in [2.05, 4.69) is 24.5 Å². The van der Waals surface area contributed by atoms with Crippen molar-refractivity contribution in [2.45, 2.75) is 96.7 Å². The Hall–Kier alpha value is -2.16. The van der Waals surface area contributed by atoms with Crippen molar-refractivity contribution in [3.63, 3.8) is 0 Å². The number of rotatable bonds is 8. The molecule has 1 saturated heterocycles. The van der Waals surface area contributed by atoms with E-state index < -0.39 is 12.4 Å². The Morgan fingerprint density at radius 1 is 1.03 bits per heavy atom. The van der Waals surface area contributed by atoms with Crippen LogP contribution in [-0.2, 0) is 25.6 Å². The number of amides is 2. The number of ether oxygens (including phenoxy) is 3. The number of benzene rings is 1. The monoisotopic (exact) mass is 542 g/mol. The first-order valence-electron chi connectivity index (χ1n) is 14.9. The molecule has 7 atom stereocenters. The Morgan fingerprint density at radius 2 is 1.77 bits per heavy atom. The van der Waals surface area contributed by atoms with Crippen LogP contribution in [0.3, 0.4) is 0 Å². The Bertz CT molecular complexity index is 1010. The molecule has 39 heavy (non-hydrogen) atoms. The molecule has 5 rings (SSSR count). The molecule has 1 heterocycles. The van der Waals surface area contributed by atoms with Gasteiger partial charge in [0.1, 0.15) is 5.75 Å². The quantitative estimate of drug-likeness (QED) is 0.460. The van der Waals surface area contributed by atoms with Gasteiger partial charge in [-0.1, -0.05) is 38.8 Å². The zero-order chi connectivity index (χ0) is 27.6. The lowest BCUT2D eigenvalue weighted by Crippen LogP contribution is -2.63. The molecule has 1 aromatic rings. The molecule has 1 aliphatic heterocycles. The van der Waals surface area contributed by atoms with Crippen LogP contribution in [0.25, 0.3) is 0 Å². The third kappa shape index (κ3) is 5.84. The van der Waals surface area contributed by atoms with E-state index in [9.17, 15) is 14.7 Å². The minimum atomic E-state index is -0.498. The van der Waals surface area contributed by atoms with Crippen molar-refractivity contribution < 1.29 is 28.9 Å². The van der Waals surface area contributed by atoms with Crippen LogP contribution >= 0.6 is 0 Å². The molecular weight excluding hydrogens is 496 g/mol. The topological polar surface area (TPSA) is 106 Å². The number of aliphatic hydroxyl groups is 1. The molecule has 0 radical (unpaired) electrons. The predicted molar refractivity (Wildman–Crippen MR) is 147 cm³/mol. The maximum absolute atomic E-state index is 13.1. The standard InChI is InChI=1S/C31H46N2O6/c1-30-15-14-26-31(2,19-38-28(39-26)18-33-29(36)21-6-4-5-7-21)25(30)13-12-24(34)23(30)16-27(35)32-17-20-8-10-22(37-3)11-9-20/h8-11,21,23-26,28,34H,4-7,12-19H2,1-3H3,(H,32,35)(H,33,36). The number of hydrogen-bond acceptors (Lipinski definition) is 6. The number of fused-ring (bicyclic) bond motifs is 3. The van der Waals surface area contributed by atoms with Crippen molar-refractivity contribution >= 4 is 11.8 Å². The van der Waals surface area contributed by atoms with Crippen molar-refractivity contribution in [2.24, 2.45) is 28.6 Å². The Balaban J connectivity index is 1.18. The van der Waals surface area contributed by atoms with Crippen LogP contribution < -0.4 is 15.4 Å². The predicted octanol–water partition coefficient (Wildman–Crippen LogP) is 3.94. The molecule has 3 N–H and O–H groups in total. The summed E-state index contributed by atoms with van der Waals surface area (Å²) in [5, 5.41) is 17.2. The first-order valence-corrected chi connectivity index (χ1v) is 14.9. The molecule has 8 heteroatoms. The molecule has 2 amide bonds. The molecule has 3 aliphatic carbocycles. The van der Waals surface area contributed by atoms with Gasteiger partial charge in [-0.05, 0) is 73.5 Å². The Kier molecular flexibility index (Phi) is 8.55. The molecule has 3 saturated carbocycles. The summed E-state index contributed by atoms with van der Waals surface area (Å²) in [6, 6.07) is 7.67. The maximum atomic E-state index is 13.1. The van der Waals surface area contributed by atoms with Gasteiger partial charge in [0.15, 0.2) is 6.29 Å². The highest BCUT2D eigenvalue weighted by Crippen LogP contribution is 2.62. The van der Waals surface area contributed by atoms with Gasteiger partial charge >= 0.3 is 0 Å². The summed E-state index contributed by atoms with van der Waals surface area (Å²) in [5.41, 5.74) is 0.629. The van der Waals surface area contributed by atoms with Gasteiger partial charge in [0.05, 0.1) is 32.5 Å². The van der Waals surface area contributed by atoms with E-state index >= 15 is 0 Å². The fraction of sp³-hybridized carbons (Fsp3) is 0.742. The number of carbonyl (C=O) groups excluding carboxylic acids is 2. The van der Waals surface area contributed by atoms with Crippen molar-refractivity contribution in [1.29, 1.82) is 0 Å². The van der Waals surface area contributed by atoms with E-state index in [4.69, 9.17) is 14.2 Å². The van der Waals surface area contributed by atoms with E-state index in [1.54, 1.807) is 7.11 Å². The lowest BCUT2D eigenvalue weighted by molar-refractivity contribution is -0.306. The van der Waals surface area contributed by atoms with Gasteiger partial charge in [0.25, 0.3) is 0 Å². The molecule has 4 fully saturated rings. The molecule has 4 aliphatic rings. The van der Waals surface area contributed by atoms with Crippen LogP contribution in [0.4, 0.5) is 0 Å². The number of aliphatic hydroxyl groups excluding tert-OH is 1. The molecule has 7 unspecified atom stereocenters. The summed E-state index contributed by atoms with van der Waals surface area (Å²) >= 11 is 0. The average molecular weight is 543 g/mol. The van der Waals surface area contributed by atoms with Gasteiger partial charge in [-0.2, -0.15) is 0 Å². The van der Waals surface area contributed by atoms with Crippen molar-refractivity contribution in [1.82, 2.24) is 10.6 Å². The van der Waals surface area contributed by atoms with Crippen molar-refractivity contribution in [2.75, 3.05) is 20.3 Å². The van der Waals surface area contributed by atoms with E-state index in [0.717, 1.165) is 56.3 Å². The van der Waals surface area contributed by atoms with Gasteiger partial charge in [-0.15, -0.1) is 0 Å². The van der Waals surface area contributed by atoms with Crippen LogP contribution in [-0.4, -0.2) is 55.7 Å². The highest BCUT2D eigenvalue weighted by molar-refractivity contribution is 5.78. The molecule has 216 valence electrons. The second-order valence-electron chi connectivity index (χ2n) is 12.8. The first-order chi connectivity index (χ1) is 18.7. The zero-order valence-electron chi connectivity index (χ0n) is 23.7. The molecule has 0 aromatic heterocycles. The molecule has 1 aromatic carbocycles. The highest BCUT2D eigenvalue weighted by atomic mass is 16.7. The fourth-order valence-corrected chi connectivity index (χ4v) is 8.13. The largest absolute Gasteiger partial charge is 0.497 e. The molecule has 8 nitrogen and oxygen atoms in total. The van der Waals surface area contributed by atoms with E-state index in [-0.39, 0.29) is 46.5 Å². The maximum Gasteiger partial charge on any atom is 0.223 e. The number of carbonyl (C=O) groups is 2. The van der Waals surface area contributed by atoms with Crippen LogP contribution in [0, 0.1) is 28.6 Å². The van der Waals surface area contributed by atoms with Gasteiger partial charge in [0, 0.05) is 24.3 Å². The summed E-state index contributed by atoms with van der Waals surface area (Å²) in [5.74, 6) is 1.17. The van der Waals surface area contributed by atoms with Crippen molar-refractivity contribution in [3.8, 4) is 5.75 Å². The Morgan fingerprint density at radius 3 is 2.49 bits per heavy atom. The SMILES string of the molecule is COc1ccc(CNC(=O)CC2C(O)CCC3C4(C)COC(CNC(=O)C5CCCC5)OC4CCC23C)cc1. The summed E-state index contributed by atoms with van der Waals surface area (Å²) in [6.07, 6.45) is 6.98. The fourth-order valence-electron chi connectivity index (χ4n) is 8.13. The zero-order valence-corrected chi connectivity index (χ0v) is 23.7. The Labute approximate surface area is 232 Å². The molecule has 0 spiro atoms. The lowest BCUT2D eigenvalue weighted by Gasteiger charge is -2.63. The van der Waals surface area contributed by atoms with Gasteiger partial charge < -0.3 is 30.0 Å². The summed E-state index contributed by atoms with van der Waals surface area (Å²) in [7, 11) is 1.63. The number of hydrogen-bond donors (Lipinski definition) is 3. The van der Waals surface area contributed by atoms with Gasteiger partial charge in [-0.3, -0.25) is 9.59 Å². The normalized spacial score (nSPS) is 36.5. The molecule has 0 bridgehead atoms. The highest BCUT2D eigenvalue weighted by Gasteiger charge is 2.61. The summed E-state index contributed by atoms with van der Waals surface area (Å²) in [4.78, 5) is 25.6. The smallest absolute Gasteiger partial charge is 0.223 e. The van der Waals surface area contributed by atoms with E-state index in [0.29, 0.717) is 32.5 Å². The number of methoxy groups -OCH3 is 1. The second-order valence-corrected chi connectivity index (χ2v) is 12.8. The summed E-state index contributed by atoms with van der Waals surface area (Å²) in [6.45, 7) is 5.92.